The highest BCUT2D eigenvalue weighted by atomic mass is 28.3. The van der Waals surface area contributed by atoms with Crippen molar-refractivity contribution in [3.05, 3.63) is 60.7 Å². The second kappa shape index (κ2) is 8.42. The van der Waals surface area contributed by atoms with Crippen LogP contribution in [0.1, 0.15) is 0 Å². The van der Waals surface area contributed by atoms with Gasteiger partial charge in [-0.3, -0.25) is 0 Å². The molecule has 2 aromatic rings. The Hall–Kier alpha value is -1.25. The standard InChI is InChI=1S/C20H30O3Si2/c1-24(2,17-11-7-5-8-12-17)15-19(21)23-20(22)16-25(3,4)18-13-9-6-10-14-18/h5-14,19-22H,15-16H2,1-4H3. The molecule has 136 valence electrons. The average molecular weight is 375 g/mol. The molecule has 0 aliphatic carbocycles. The number of aliphatic hydroxyl groups is 2. The van der Waals surface area contributed by atoms with Crippen molar-refractivity contribution in [2.45, 2.75) is 50.9 Å². The maximum absolute atomic E-state index is 10.4. The van der Waals surface area contributed by atoms with E-state index in [0.29, 0.717) is 12.1 Å². The maximum Gasteiger partial charge on any atom is 0.155 e. The van der Waals surface area contributed by atoms with Crippen molar-refractivity contribution < 1.29 is 14.9 Å². The lowest BCUT2D eigenvalue weighted by Crippen LogP contribution is -2.47. The molecule has 0 fully saturated rings. The molecule has 0 saturated heterocycles. The topological polar surface area (TPSA) is 49.7 Å². The summed E-state index contributed by atoms with van der Waals surface area (Å²) >= 11 is 0. The Morgan fingerprint density at radius 3 is 1.32 bits per heavy atom. The fraction of sp³-hybridized carbons (Fsp3) is 0.400. The summed E-state index contributed by atoms with van der Waals surface area (Å²) in [6, 6.07) is 21.7. The van der Waals surface area contributed by atoms with Gasteiger partial charge in [-0.25, -0.2) is 0 Å². The molecule has 2 atom stereocenters. The van der Waals surface area contributed by atoms with Crippen LogP contribution in [0.5, 0.6) is 0 Å². The lowest BCUT2D eigenvalue weighted by molar-refractivity contribution is -0.191. The number of ether oxygens (including phenoxy) is 1. The highest BCUT2D eigenvalue weighted by molar-refractivity contribution is 6.90. The lowest BCUT2D eigenvalue weighted by Gasteiger charge is -2.30. The molecule has 2 unspecified atom stereocenters. The van der Waals surface area contributed by atoms with Crippen molar-refractivity contribution in [3.63, 3.8) is 0 Å². The molecule has 0 spiro atoms. The Morgan fingerprint density at radius 1 is 0.680 bits per heavy atom. The summed E-state index contributed by atoms with van der Waals surface area (Å²) in [4.78, 5) is 0. The normalized spacial score (nSPS) is 15.0. The zero-order chi connectivity index (χ0) is 18.5. The van der Waals surface area contributed by atoms with Crippen molar-refractivity contribution >= 4 is 26.5 Å². The van der Waals surface area contributed by atoms with Crippen LogP contribution in [0.3, 0.4) is 0 Å². The Bertz CT molecular complexity index is 587. The van der Waals surface area contributed by atoms with Crippen molar-refractivity contribution in [3.8, 4) is 0 Å². The van der Waals surface area contributed by atoms with Gasteiger partial charge in [0.1, 0.15) is 0 Å². The summed E-state index contributed by atoms with van der Waals surface area (Å²) in [5.74, 6) is 0. The van der Waals surface area contributed by atoms with E-state index in [9.17, 15) is 10.2 Å². The third-order valence-electron chi connectivity index (χ3n) is 4.79. The van der Waals surface area contributed by atoms with Crippen LogP contribution in [0, 0.1) is 0 Å². The van der Waals surface area contributed by atoms with Gasteiger partial charge in [-0.15, -0.1) is 0 Å². The molecule has 2 N–H and O–H groups in total. The number of benzene rings is 2. The van der Waals surface area contributed by atoms with E-state index >= 15 is 0 Å². The SMILES string of the molecule is C[Si](C)(CC(O)OC(O)C[Si](C)(C)c1ccccc1)c1ccccc1. The molecule has 0 heterocycles. The summed E-state index contributed by atoms with van der Waals surface area (Å²) in [6.07, 6.45) is -1.87. The first-order valence-corrected chi connectivity index (χ1v) is 15.2. The molecule has 0 bridgehead atoms. The quantitative estimate of drug-likeness (QED) is 0.552. The van der Waals surface area contributed by atoms with Crippen molar-refractivity contribution in [1.82, 2.24) is 0 Å². The van der Waals surface area contributed by atoms with E-state index < -0.39 is 28.7 Å². The van der Waals surface area contributed by atoms with Gasteiger partial charge < -0.3 is 14.9 Å². The number of aliphatic hydroxyl groups excluding tert-OH is 2. The summed E-state index contributed by atoms with van der Waals surface area (Å²) in [5.41, 5.74) is 0. The predicted molar refractivity (Wildman–Crippen MR) is 110 cm³/mol. The van der Waals surface area contributed by atoms with Gasteiger partial charge in [0.2, 0.25) is 0 Å². The van der Waals surface area contributed by atoms with E-state index in [2.05, 4.69) is 50.5 Å². The van der Waals surface area contributed by atoms with Crippen LogP contribution in [0.2, 0.25) is 38.3 Å². The smallest absolute Gasteiger partial charge is 0.155 e. The largest absolute Gasteiger partial charge is 0.368 e. The molecule has 0 aromatic heterocycles. The van der Waals surface area contributed by atoms with Crippen LogP contribution in [-0.4, -0.2) is 38.9 Å². The minimum atomic E-state index is -1.81. The molecule has 5 heteroatoms. The summed E-state index contributed by atoms with van der Waals surface area (Å²) in [6.45, 7) is 8.85. The molecule has 2 rings (SSSR count). The molecular weight excluding hydrogens is 344 g/mol. The highest BCUT2D eigenvalue weighted by Crippen LogP contribution is 2.18. The summed E-state index contributed by atoms with van der Waals surface area (Å²) in [5, 5.41) is 23.3. The van der Waals surface area contributed by atoms with Gasteiger partial charge in [-0.1, -0.05) is 97.2 Å². The zero-order valence-electron chi connectivity index (χ0n) is 15.6. The Labute approximate surface area is 153 Å². The summed E-state index contributed by atoms with van der Waals surface area (Å²) < 4.78 is 5.55. The fourth-order valence-electron chi connectivity index (χ4n) is 3.17. The molecule has 0 saturated carbocycles. The zero-order valence-corrected chi connectivity index (χ0v) is 17.6. The van der Waals surface area contributed by atoms with Gasteiger partial charge in [0.15, 0.2) is 12.6 Å². The lowest BCUT2D eigenvalue weighted by atomic mass is 10.4. The van der Waals surface area contributed by atoms with Gasteiger partial charge in [-0.05, 0) is 12.1 Å². The van der Waals surface area contributed by atoms with Crippen molar-refractivity contribution in [2.24, 2.45) is 0 Å². The molecule has 0 radical (unpaired) electrons. The first-order valence-electron chi connectivity index (χ1n) is 8.83. The molecule has 2 aromatic carbocycles. The van der Waals surface area contributed by atoms with Crippen LogP contribution >= 0.6 is 0 Å². The van der Waals surface area contributed by atoms with Crippen LogP contribution in [0.4, 0.5) is 0 Å². The van der Waals surface area contributed by atoms with Crippen LogP contribution in [0.25, 0.3) is 0 Å². The van der Waals surface area contributed by atoms with E-state index in [1.54, 1.807) is 0 Å². The van der Waals surface area contributed by atoms with Crippen LogP contribution in [0.15, 0.2) is 60.7 Å². The predicted octanol–water partition coefficient (Wildman–Crippen LogP) is 2.87. The van der Waals surface area contributed by atoms with Gasteiger partial charge in [0.05, 0.1) is 16.1 Å². The second-order valence-corrected chi connectivity index (χ2v) is 17.5. The third-order valence-corrected chi connectivity index (χ3v) is 11.3. The Morgan fingerprint density at radius 2 is 1.00 bits per heavy atom. The van der Waals surface area contributed by atoms with E-state index in [0.717, 1.165) is 0 Å². The Kier molecular flexibility index (Phi) is 6.76. The number of hydrogen-bond donors (Lipinski definition) is 2. The monoisotopic (exact) mass is 374 g/mol. The van der Waals surface area contributed by atoms with Crippen molar-refractivity contribution in [2.75, 3.05) is 0 Å². The first kappa shape index (κ1) is 20.1. The first-order chi connectivity index (χ1) is 11.7. The van der Waals surface area contributed by atoms with E-state index in [1.807, 2.05) is 36.4 Å². The second-order valence-electron chi connectivity index (χ2n) is 7.95. The van der Waals surface area contributed by atoms with Gasteiger partial charge in [0.25, 0.3) is 0 Å². The molecule has 0 aliphatic heterocycles. The maximum atomic E-state index is 10.4. The number of hydrogen-bond acceptors (Lipinski definition) is 3. The van der Waals surface area contributed by atoms with Gasteiger partial charge in [0, 0.05) is 0 Å². The number of rotatable bonds is 8. The molecule has 25 heavy (non-hydrogen) atoms. The van der Waals surface area contributed by atoms with E-state index in [1.165, 1.54) is 10.4 Å². The minimum Gasteiger partial charge on any atom is -0.368 e. The summed E-state index contributed by atoms with van der Waals surface area (Å²) in [7, 11) is -3.61. The van der Waals surface area contributed by atoms with Crippen molar-refractivity contribution in [1.29, 1.82) is 0 Å². The highest BCUT2D eigenvalue weighted by Gasteiger charge is 2.31. The molecule has 0 aliphatic rings. The minimum absolute atomic E-state index is 0.571. The van der Waals surface area contributed by atoms with Crippen LogP contribution in [-0.2, 0) is 4.74 Å². The average Bonchev–Trinajstić information content (AvgIpc) is 2.55. The van der Waals surface area contributed by atoms with E-state index in [4.69, 9.17) is 4.74 Å². The Balaban J connectivity index is 1.93. The molecular formula is C20H30O3Si2. The fourth-order valence-corrected chi connectivity index (χ4v) is 7.76. The van der Waals surface area contributed by atoms with Gasteiger partial charge in [-0.2, -0.15) is 0 Å². The molecule has 0 amide bonds. The third kappa shape index (κ3) is 5.90. The van der Waals surface area contributed by atoms with E-state index in [-0.39, 0.29) is 0 Å². The molecule has 3 nitrogen and oxygen atoms in total. The van der Waals surface area contributed by atoms with Crippen LogP contribution < -0.4 is 10.4 Å². The van der Waals surface area contributed by atoms with Gasteiger partial charge >= 0.3 is 0 Å².